The molecule has 0 radical (unpaired) electrons. The quantitative estimate of drug-likeness (QED) is 0.616. The Morgan fingerprint density at radius 1 is 1.22 bits per heavy atom. The lowest BCUT2D eigenvalue weighted by Crippen LogP contribution is -2.10. The molecule has 0 aliphatic rings. The van der Waals surface area contributed by atoms with Gasteiger partial charge in [-0.25, -0.2) is 3.97 Å². The first-order valence-corrected chi connectivity index (χ1v) is 10.4. The second-order valence-electron chi connectivity index (χ2n) is 5.63. The SMILES string of the molecule is COc1cc2c(CCC(=O)O)cn(S(=O)(=O)c3ccc(Cl)s3)c2cc1OC. The van der Waals surface area contributed by atoms with Crippen LogP contribution in [-0.4, -0.2) is 37.7 Å². The minimum atomic E-state index is -3.90. The molecule has 27 heavy (non-hydrogen) atoms. The third-order valence-corrected chi connectivity index (χ3v) is 7.40. The van der Waals surface area contributed by atoms with Gasteiger partial charge in [-0.2, -0.15) is 8.42 Å². The van der Waals surface area contributed by atoms with Crippen molar-refractivity contribution in [3.63, 3.8) is 0 Å². The number of fused-ring (bicyclic) bond motifs is 1. The van der Waals surface area contributed by atoms with Gasteiger partial charge >= 0.3 is 5.97 Å². The monoisotopic (exact) mass is 429 g/mol. The van der Waals surface area contributed by atoms with Crippen molar-refractivity contribution in [2.75, 3.05) is 14.2 Å². The molecule has 3 rings (SSSR count). The Bertz CT molecular complexity index is 1120. The highest BCUT2D eigenvalue weighted by atomic mass is 35.5. The van der Waals surface area contributed by atoms with Gasteiger partial charge in [0.1, 0.15) is 4.21 Å². The van der Waals surface area contributed by atoms with E-state index in [1.54, 1.807) is 12.1 Å². The summed E-state index contributed by atoms with van der Waals surface area (Å²) in [6.45, 7) is 0. The molecule has 0 bridgehead atoms. The lowest BCUT2D eigenvalue weighted by atomic mass is 10.1. The number of carboxylic acid groups (broad SMARTS) is 1. The third kappa shape index (κ3) is 3.62. The normalized spacial score (nSPS) is 11.7. The van der Waals surface area contributed by atoms with Gasteiger partial charge in [0.2, 0.25) is 0 Å². The molecule has 0 saturated carbocycles. The molecule has 0 atom stereocenters. The number of aryl methyl sites for hydroxylation is 1. The smallest absolute Gasteiger partial charge is 0.303 e. The van der Waals surface area contributed by atoms with Gasteiger partial charge in [0.15, 0.2) is 11.5 Å². The van der Waals surface area contributed by atoms with E-state index in [4.69, 9.17) is 26.2 Å². The second kappa shape index (κ2) is 7.41. The van der Waals surface area contributed by atoms with Gasteiger partial charge in [0, 0.05) is 24.1 Å². The van der Waals surface area contributed by atoms with Crippen LogP contribution in [-0.2, 0) is 21.2 Å². The van der Waals surface area contributed by atoms with Crippen molar-refractivity contribution in [2.24, 2.45) is 0 Å². The number of halogens is 1. The first-order valence-electron chi connectivity index (χ1n) is 7.76. The Hall–Kier alpha value is -2.23. The lowest BCUT2D eigenvalue weighted by molar-refractivity contribution is -0.136. The Kier molecular flexibility index (Phi) is 5.36. The summed E-state index contributed by atoms with van der Waals surface area (Å²) < 4.78 is 38.3. The number of nitrogens with zero attached hydrogens (tertiary/aromatic N) is 1. The second-order valence-corrected chi connectivity index (χ2v) is 9.39. The van der Waals surface area contributed by atoms with E-state index in [2.05, 4.69) is 0 Å². The maximum atomic E-state index is 13.1. The molecule has 0 fully saturated rings. The van der Waals surface area contributed by atoms with Gasteiger partial charge in [0.25, 0.3) is 10.0 Å². The summed E-state index contributed by atoms with van der Waals surface area (Å²) in [7, 11) is -0.972. The van der Waals surface area contributed by atoms with Crippen LogP contribution in [0.1, 0.15) is 12.0 Å². The van der Waals surface area contributed by atoms with Crippen molar-refractivity contribution in [3.05, 3.63) is 40.4 Å². The van der Waals surface area contributed by atoms with Gasteiger partial charge in [-0.3, -0.25) is 4.79 Å². The standard InChI is InChI=1S/C17H16ClNO6S2/c1-24-13-7-11-10(3-5-16(20)21)9-19(12(11)8-14(13)25-2)27(22,23)17-6-4-15(18)26-17/h4,6-9H,3,5H2,1-2H3,(H,20,21). The highest BCUT2D eigenvalue weighted by Gasteiger charge is 2.24. The lowest BCUT2D eigenvalue weighted by Gasteiger charge is -2.10. The molecule has 2 heterocycles. The minimum absolute atomic E-state index is 0.0870. The van der Waals surface area contributed by atoms with E-state index in [0.717, 1.165) is 15.3 Å². The maximum Gasteiger partial charge on any atom is 0.303 e. The van der Waals surface area contributed by atoms with Crippen molar-refractivity contribution in [1.29, 1.82) is 0 Å². The van der Waals surface area contributed by atoms with Gasteiger partial charge < -0.3 is 14.6 Å². The van der Waals surface area contributed by atoms with Crippen LogP contribution in [0.5, 0.6) is 11.5 Å². The third-order valence-electron chi connectivity index (χ3n) is 4.03. The molecular formula is C17H16ClNO6S2. The average molecular weight is 430 g/mol. The van der Waals surface area contributed by atoms with Crippen LogP contribution < -0.4 is 9.47 Å². The Balaban J connectivity index is 2.26. The van der Waals surface area contributed by atoms with Gasteiger partial charge in [0.05, 0.1) is 24.1 Å². The van der Waals surface area contributed by atoms with E-state index in [9.17, 15) is 13.2 Å². The van der Waals surface area contributed by atoms with Crippen LogP contribution >= 0.6 is 22.9 Å². The van der Waals surface area contributed by atoms with Crippen LogP contribution in [0.2, 0.25) is 4.34 Å². The molecule has 3 aromatic rings. The largest absolute Gasteiger partial charge is 0.493 e. The average Bonchev–Trinajstić information content (AvgIpc) is 3.22. The van der Waals surface area contributed by atoms with Gasteiger partial charge in [-0.15, -0.1) is 11.3 Å². The van der Waals surface area contributed by atoms with Crippen LogP contribution in [0.25, 0.3) is 10.9 Å². The number of carboxylic acids is 1. The molecule has 144 valence electrons. The summed E-state index contributed by atoms with van der Waals surface area (Å²) in [5.74, 6) is -0.172. The molecular weight excluding hydrogens is 414 g/mol. The summed E-state index contributed by atoms with van der Waals surface area (Å²) in [6, 6.07) is 6.16. The minimum Gasteiger partial charge on any atom is -0.493 e. The van der Waals surface area contributed by atoms with E-state index in [0.29, 0.717) is 32.3 Å². The number of hydrogen-bond donors (Lipinski definition) is 1. The number of benzene rings is 1. The van der Waals surface area contributed by atoms with Crippen molar-refractivity contribution in [1.82, 2.24) is 3.97 Å². The number of thiophene rings is 1. The van der Waals surface area contributed by atoms with Crippen LogP contribution in [0, 0.1) is 0 Å². The Morgan fingerprint density at radius 2 is 1.89 bits per heavy atom. The molecule has 0 aliphatic heterocycles. The molecule has 0 saturated heterocycles. The number of aromatic nitrogens is 1. The van der Waals surface area contributed by atoms with E-state index in [-0.39, 0.29) is 17.1 Å². The van der Waals surface area contributed by atoms with Gasteiger partial charge in [-0.05, 0) is 30.2 Å². The zero-order chi connectivity index (χ0) is 19.8. The molecule has 0 aliphatic carbocycles. The van der Waals surface area contributed by atoms with Crippen molar-refractivity contribution < 1.29 is 27.8 Å². The fourth-order valence-corrected chi connectivity index (χ4v) is 5.72. The van der Waals surface area contributed by atoms with Crippen LogP contribution in [0.15, 0.2) is 34.7 Å². The first kappa shape index (κ1) is 19.5. The highest BCUT2D eigenvalue weighted by Crippen LogP contribution is 2.37. The topological polar surface area (TPSA) is 94.8 Å². The fourth-order valence-electron chi connectivity index (χ4n) is 2.76. The molecule has 1 N–H and O–H groups in total. The predicted octanol–water partition coefficient (Wildman–Crippen LogP) is 3.63. The highest BCUT2D eigenvalue weighted by molar-refractivity contribution is 7.92. The summed E-state index contributed by atoms with van der Waals surface area (Å²) in [5, 5.41) is 9.58. The van der Waals surface area contributed by atoms with E-state index in [1.165, 1.54) is 32.5 Å². The maximum absolute atomic E-state index is 13.1. The summed E-state index contributed by atoms with van der Waals surface area (Å²) in [6.07, 6.45) is 1.49. The number of hydrogen-bond acceptors (Lipinski definition) is 6. The molecule has 10 heteroatoms. The summed E-state index contributed by atoms with van der Waals surface area (Å²) in [4.78, 5) is 11.0. The van der Waals surface area contributed by atoms with Crippen molar-refractivity contribution in [3.8, 4) is 11.5 Å². The number of carbonyl (C=O) groups is 1. The molecule has 0 spiro atoms. The molecule has 0 amide bonds. The van der Waals surface area contributed by atoms with Crippen molar-refractivity contribution in [2.45, 2.75) is 17.1 Å². The van der Waals surface area contributed by atoms with Crippen LogP contribution in [0.3, 0.4) is 0 Å². The van der Waals surface area contributed by atoms with E-state index >= 15 is 0 Å². The Labute approximate surface area is 164 Å². The zero-order valence-electron chi connectivity index (χ0n) is 14.4. The fraction of sp³-hybridized carbons (Fsp3) is 0.235. The number of aliphatic carboxylic acids is 1. The van der Waals surface area contributed by atoms with Crippen molar-refractivity contribution >= 4 is 49.8 Å². The first-order chi connectivity index (χ1) is 12.8. The number of rotatable bonds is 7. The Morgan fingerprint density at radius 3 is 2.44 bits per heavy atom. The van der Waals surface area contributed by atoms with Crippen LogP contribution in [0.4, 0.5) is 0 Å². The number of methoxy groups -OCH3 is 2. The van der Waals surface area contributed by atoms with Gasteiger partial charge in [-0.1, -0.05) is 11.6 Å². The summed E-state index contributed by atoms with van der Waals surface area (Å²) >= 11 is 6.84. The zero-order valence-corrected chi connectivity index (χ0v) is 16.8. The molecule has 2 aromatic heterocycles. The molecule has 1 aromatic carbocycles. The summed E-state index contributed by atoms with van der Waals surface area (Å²) in [5.41, 5.74) is 0.956. The molecule has 7 nitrogen and oxygen atoms in total. The molecule has 0 unspecified atom stereocenters. The van der Waals surface area contributed by atoms with E-state index < -0.39 is 16.0 Å². The number of ether oxygens (including phenoxy) is 2. The predicted molar refractivity (Wildman–Crippen MR) is 103 cm³/mol. The van der Waals surface area contributed by atoms with E-state index in [1.807, 2.05) is 0 Å².